The molecule has 1 fully saturated rings. The molecular formula is C14H23N3OS. The van der Waals surface area contributed by atoms with Gasteiger partial charge >= 0.3 is 0 Å². The standard InChI is InChI=1S/C14H23N3OS/c1-3-9-15-13-12(18-2)14(17-10-16-13)19-11-7-5-4-6-8-11/h10-11H,3-9H2,1-2H3,(H,15,16,17). The van der Waals surface area contributed by atoms with Crippen molar-refractivity contribution in [2.75, 3.05) is 19.0 Å². The van der Waals surface area contributed by atoms with Gasteiger partial charge in [0.1, 0.15) is 11.4 Å². The van der Waals surface area contributed by atoms with Gasteiger partial charge in [-0.3, -0.25) is 0 Å². The Hall–Kier alpha value is -0.970. The zero-order valence-electron chi connectivity index (χ0n) is 11.8. The van der Waals surface area contributed by atoms with Crippen molar-refractivity contribution in [3.05, 3.63) is 6.33 Å². The highest BCUT2D eigenvalue weighted by atomic mass is 32.2. The summed E-state index contributed by atoms with van der Waals surface area (Å²) >= 11 is 1.85. The summed E-state index contributed by atoms with van der Waals surface area (Å²) in [6, 6.07) is 0. The summed E-state index contributed by atoms with van der Waals surface area (Å²) in [5, 5.41) is 4.95. The molecule has 1 N–H and O–H groups in total. The van der Waals surface area contributed by atoms with E-state index in [4.69, 9.17) is 4.74 Å². The predicted octanol–water partition coefficient (Wildman–Crippen LogP) is 3.73. The van der Waals surface area contributed by atoms with E-state index in [0.717, 1.165) is 29.6 Å². The Balaban J connectivity index is 2.09. The Morgan fingerprint density at radius 3 is 2.79 bits per heavy atom. The van der Waals surface area contributed by atoms with Gasteiger partial charge in [-0.1, -0.05) is 37.9 Å². The average Bonchev–Trinajstić information content (AvgIpc) is 2.46. The van der Waals surface area contributed by atoms with Crippen LogP contribution < -0.4 is 10.1 Å². The van der Waals surface area contributed by atoms with E-state index in [2.05, 4.69) is 22.2 Å². The van der Waals surface area contributed by atoms with E-state index in [9.17, 15) is 0 Å². The van der Waals surface area contributed by atoms with Crippen molar-refractivity contribution in [2.45, 2.75) is 55.7 Å². The maximum atomic E-state index is 5.51. The third kappa shape index (κ3) is 4.00. The van der Waals surface area contributed by atoms with E-state index >= 15 is 0 Å². The number of nitrogens with zero attached hydrogens (tertiary/aromatic N) is 2. The first-order valence-electron chi connectivity index (χ1n) is 7.14. The van der Waals surface area contributed by atoms with Crippen molar-refractivity contribution >= 4 is 17.6 Å². The smallest absolute Gasteiger partial charge is 0.193 e. The fourth-order valence-corrected chi connectivity index (χ4v) is 3.62. The van der Waals surface area contributed by atoms with Crippen molar-refractivity contribution in [2.24, 2.45) is 0 Å². The zero-order chi connectivity index (χ0) is 13.5. The molecule has 5 heteroatoms. The number of nitrogens with one attached hydrogen (secondary N) is 1. The van der Waals surface area contributed by atoms with Crippen molar-refractivity contribution < 1.29 is 4.74 Å². The van der Waals surface area contributed by atoms with Crippen molar-refractivity contribution in [1.29, 1.82) is 0 Å². The molecule has 1 aromatic rings. The van der Waals surface area contributed by atoms with Crippen LogP contribution in [0.5, 0.6) is 5.75 Å². The number of ether oxygens (including phenoxy) is 1. The van der Waals surface area contributed by atoms with Gasteiger partial charge in [0.2, 0.25) is 0 Å². The van der Waals surface area contributed by atoms with Crippen molar-refractivity contribution in [3.63, 3.8) is 0 Å². The van der Waals surface area contributed by atoms with Gasteiger partial charge < -0.3 is 10.1 Å². The largest absolute Gasteiger partial charge is 0.490 e. The third-order valence-electron chi connectivity index (χ3n) is 3.35. The van der Waals surface area contributed by atoms with Gasteiger partial charge in [-0.2, -0.15) is 0 Å². The van der Waals surface area contributed by atoms with Crippen LogP contribution >= 0.6 is 11.8 Å². The van der Waals surface area contributed by atoms with E-state index in [1.807, 2.05) is 11.8 Å². The lowest BCUT2D eigenvalue weighted by molar-refractivity contribution is 0.400. The topological polar surface area (TPSA) is 47.0 Å². The summed E-state index contributed by atoms with van der Waals surface area (Å²) < 4.78 is 5.51. The number of hydrogen-bond acceptors (Lipinski definition) is 5. The second-order valence-corrected chi connectivity index (χ2v) is 6.15. The molecular weight excluding hydrogens is 258 g/mol. The first-order chi connectivity index (χ1) is 9.35. The Morgan fingerprint density at radius 2 is 2.11 bits per heavy atom. The number of anilines is 1. The lowest BCUT2D eigenvalue weighted by Gasteiger charge is -2.21. The van der Waals surface area contributed by atoms with Crippen LogP contribution in [0.15, 0.2) is 11.4 Å². The molecule has 19 heavy (non-hydrogen) atoms. The number of rotatable bonds is 6. The second-order valence-electron chi connectivity index (χ2n) is 4.87. The zero-order valence-corrected chi connectivity index (χ0v) is 12.6. The Labute approximate surface area is 119 Å². The molecule has 0 saturated heterocycles. The predicted molar refractivity (Wildman–Crippen MR) is 80.1 cm³/mol. The van der Waals surface area contributed by atoms with E-state index < -0.39 is 0 Å². The summed E-state index contributed by atoms with van der Waals surface area (Å²) in [5.74, 6) is 1.61. The highest BCUT2D eigenvalue weighted by Gasteiger charge is 2.19. The molecule has 0 amide bonds. The molecule has 2 rings (SSSR count). The van der Waals surface area contributed by atoms with Gasteiger partial charge in [-0.05, 0) is 19.3 Å². The fourth-order valence-electron chi connectivity index (χ4n) is 2.34. The maximum Gasteiger partial charge on any atom is 0.193 e. The molecule has 106 valence electrons. The summed E-state index contributed by atoms with van der Waals surface area (Å²) in [6.45, 7) is 3.04. The Morgan fingerprint density at radius 1 is 1.32 bits per heavy atom. The van der Waals surface area contributed by atoms with Crippen LogP contribution in [0, 0.1) is 0 Å². The van der Waals surface area contributed by atoms with Crippen molar-refractivity contribution in [3.8, 4) is 5.75 Å². The van der Waals surface area contributed by atoms with E-state index in [-0.39, 0.29) is 0 Å². The van der Waals surface area contributed by atoms with Crippen LogP contribution in [0.25, 0.3) is 0 Å². The molecule has 0 radical (unpaired) electrons. The molecule has 1 aromatic heterocycles. The fraction of sp³-hybridized carbons (Fsp3) is 0.714. The highest BCUT2D eigenvalue weighted by molar-refractivity contribution is 8.00. The maximum absolute atomic E-state index is 5.51. The van der Waals surface area contributed by atoms with E-state index in [1.54, 1.807) is 13.4 Å². The molecule has 4 nitrogen and oxygen atoms in total. The third-order valence-corrected chi connectivity index (χ3v) is 4.67. The van der Waals surface area contributed by atoms with Gasteiger partial charge in [0, 0.05) is 11.8 Å². The molecule has 0 spiro atoms. The van der Waals surface area contributed by atoms with Crippen LogP contribution in [0.1, 0.15) is 45.4 Å². The summed E-state index contributed by atoms with van der Waals surface area (Å²) in [7, 11) is 1.70. The van der Waals surface area contributed by atoms with Gasteiger partial charge in [-0.25, -0.2) is 9.97 Å². The number of aromatic nitrogens is 2. The van der Waals surface area contributed by atoms with Gasteiger partial charge in [-0.15, -0.1) is 0 Å². The molecule has 0 unspecified atom stereocenters. The minimum Gasteiger partial charge on any atom is -0.490 e. The second kappa shape index (κ2) is 7.58. The SMILES string of the molecule is CCCNc1ncnc(SC2CCCCC2)c1OC. The molecule has 1 aliphatic rings. The van der Waals surface area contributed by atoms with Crippen LogP contribution in [0.2, 0.25) is 0 Å². The molecule has 0 bridgehead atoms. The normalized spacial score (nSPS) is 16.3. The average molecular weight is 281 g/mol. The van der Waals surface area contributed by atoms with E-state index in [1.165, 1.54) is 32.1 Å². The van der Waals surface area contributed by atoms with Gasteiger partial charge in [0.05, 0.1) is 7.11 Å². The van der Waals surface area contributed by atoms with Crippen molar-refractivity contribution in [1.82, 2.24) is 9.97 Å². The molecule has 1 saturated carbocycles. The molecule has 0 aliphatic heterocycles. The van der Waals surface area contributed by atoms with Crippen LogP contribution in [-0.2, 0) is 0 Å². The number of methoxy groups -OCH3 is 1. The Bertz CT molecular complexity index is 394. The first-order valence-corrected chi connectivity index (χ1v) is 8.02. The van der Waals surface area contributed by atoms with Crippen LogP contribution in [0.4, 0.5) is 5.82 Å². The summed E-state index contributed by atoms with van der Waals surface area (Å²) in [4.78, 5) is 8.68. The van der Waals surface area contributed by atoms with Gasteiger partial charge in [0.25, 0.3) is 0 Å². The lowest BCUT2D eigenvalue weighted by Crippen LogP contribution is -2.10. The van der Waals surface area contributed by atoms with Crippen LogP contribution in [-0.4, -0.2) is 28.9 Å². The summed E-state index contributed by atoms with van der Waals surface area (Å²) in [5.41, 5.74) is 0. The van der Waals surface area contributed by atoms with E-state index in [0.29, 0.717) is 5.25 Å². The molecule has 1 aliphatic carbocycles. The highest BCUT2D eigenvalue weighted by Crippen LogP contribution is 2.39. The quantitative estimate of drug-likeness (QED) is 0.805. The van der Waals surface area contributed by atoms with Gasteiger partial charge in [0.15, 0.2) is 11.6 Å². The summed E-state index contributed by atoms with van der Waals surface area (Å²) in [6.07, 6.45) is 9.33. The minimum atomic E-state index is 0.677. The monoisotopic (exact) mass is 281 g/mol. The number of thioether (sulfide) groups is 1. The Kier molecular flexibility index (Phi) is 5.76. The minimum absolute atomic E-state index is 0.677. The first kappa shape index (κ1) is 14.4. The molecule has 0 aromatic carbocycles. The molecule has 0 atom stereocenters. The van der Waals surface area contributed by atoms with Crippen LogP contribution in [0.3, 0.4) is 0 Å². The number of hydrogen-bond donors (Lipinski definition) is 1. The molecule has 1 heterocycles. The lowest BCUT2D eigenvalue weighted by atomic mass is 10.0.